The Hall–Kier alpha value is -2.11. The Bertz CT molecular complexity index is 1290. The van der Waals surface area contributed by atoms with E-state index in [1.165, 1.54) is 0 Å². The number of H-pyrrole nitrogens is 1. The number of morpholine rings is 1. The second kappa shape index (κ2) is 10.9. The molecule has 1 unspecified atom stereocenters. The SMILES string of the molecule is O=S(=O)(c1ccc(C(CC2CCOCC2)c2ccc(-c3nnc(CN4CCOCC4)s3)[nH]2)cc1)C1CC1. The lowest BCUT2D eigenvalue weighted by atomic mass is 9.83. The first kappa shape index (κ1) is 25.2. The molecule has 10 heteroatoms. The van der Waals surface area contributed by atoms with Gasteiger partial charge in [-0.25, -0.2) is 8.42 Å². The van der Waals surface area contributed by atoms with Crippen molar-refractivity contribution in [3.8, 4) is 10.7 Å². The Morgan fingerprint density at radius 2 is 1.68 bits per heavy atom. The van der Waals surface area contributed by atoms with Crippen LogP contribution in [-0.4, -0.2) is 73.3 Å². The fraction of sp³-hybridized carbons (Fsp3) is 0.556. The number of sulfone groups is 1. The molecule has 3 fully saturated rings. The lowest BCUT2D eigenvalue weighted by Gasteiger charge is -2.27. The van der Waals surface area contributed by atoms with Crippen LogP contribution in [0.2, 0.25) is 0 Å². The van der Waals surface area contributed by atoms with Gasteiger partial charge >= 0.3 is 0 Å². The molecule has 6 rings (SSSR count). The lowest BCUT2D eigenvalue weighted by molar-refractivity contribution is 0.0341. The maximum atomic E-state index is 12.7. The van der Waals surface area contributed by atoms with Crippen molar-refractivity contribution in [2.24, 2.45) is 5.92 Å². The molecule has 4 heterocycles. The summed E-state index contributed by atoms with van der Waals surface area (Å²) in [4.78, 5) is 6.43. The van der Waals surface area contributed by atoms with Crippen LogP contribution >= 0.6 is 11.3 Å². The highest BCUT2D eigenvalue weighted by atomic mass is 32.2. The van der Waals surface area contributed by atoms with Crippen LogP contribution in [0.5, 0.6) is 0 Å². The molecular formula is C27H34N4O4S2. The van der Waals surface area contributed by atoms with Gasteiger partial charge in [-0.2, -0.15) is 0 Å². The number of rotatable bonds is 9. The number of benzene rings is 1. The summed E-state index contributed by atoms with van der Waals surface area (Å²) in [6.07, 6.45) is 4.67. The van der Waals surface area contributed by atoms with Crippen molar-refractivity contribution in [1.29, 1.82) is 0 Å². The van der Waals surface area contributed by atoms with Crippen LogP contribution in [0.4, 0.5) is 0 Å². The van der Waals surface area contributed by atoms with E-state index in [-0.39, 0.29) is 11.2 Å². The van der Waals surface area contributed by atoms with Gasteiger partial charge in [0, 0.05) is 37.9 Å². The molecule has 2 saturated heterocycles. The van der Waals surface area contributed by atoms with Crippen molar-refractivity contribution >= 4 is 21.2 Å². The molecule has 1 aromatic carbocycles. The van der Waals surface area contributed by atoms with Gasteiger partial charge in [-0.15, -0.1) is 10.2 Å². The molecular weight excluding hydrogens is 508 g/mol. The van der Waals surface area contributed by atoms with Crippen LogP contribution in [0.1, 0.15) is 54.3 Å². The molecule has 1 N–H and O–H groups in total. The number of aromatic nitrogens is 3. The van der Waals surface area contributed by atoms with Crippen molar-refractivity contribution in [1.82, 2.24) is 20.1 Å². The molecule has 2 aromatic heterocycles. The zero-order chi connectivity index (χ0) is 25.2. The minimum Gasteiger partial charge on any atom is -0.381 e. The van der Waals surface area contributed by atoms with Crippen LogP contribution < -0.4 is 0 Å². The summed E-state index contributed by atoms with van der Waals surface area (Å²) in [6.45, 7) is 5.82. The summed E-state index contributed by atoms with van der Waals surface area (Å²) in [5.74, 6) is 0.720. The van der Waals surface area contributed by atoms with Gasteiger partial charge in [-0.05, 0) is 67.9 Å². The predicted octanol–water partition coefficient (Wildman–Crippen LogP) is 4.25. The van der Waals surface area contributed by atoms with E-state index in [0.717, 1.165) is 105 Å². The normalized spacial score (nSPS) is 20.8. The highest BCUT2D eigenvalue weighted by molar-refractivity contribution is 7.92. The van der Waals surface area contributed by atoms with E-state index < -0.39 is 9.84 Å². The first-order valence-electron chi connectivity index (χ1n) is 13.3. The van der Waals surface area contributed by atoms with Gasteiger partial charge in [0.25, 0.3) is 0 Å². The van der Waals surface area contributed by atoms with Crippen LogP contribution in [0.25, 0.3) is 10.7 Å². The molecule has 1 saturated carbocycles. The highest BCUT2D eigenvalue weighted by Gasteiger charge is 2.37. The van der Waals surface area contributed by atoms with Crippen LogP contribution in [-0.2, 0) is 25.9 Å². The third-order valence-electron chi connectivity index (χ3n) is 7.73. The maximum absolute atomic E-state index is 12.7. The minimum absolute atomic E-state index is 0.148. The van der Waals surface area contributed by atoms with E-state index in [0.29, 0.717) is 10.8 Å². The monoisotopic (exact) mass is 542 g/mol. The Kier molecular flexibility index (Phi) is 7.45. The lowest BCUT2D eigenvalue weighted by Crippen LogP contribution is -2.35. The average Bonchev–Trinajstić information content (AvgIpc) is 3.52. The molecule has 198 valence electrons. The molecule has 1 atom stereocenters. The minimum atomic E-state index is -3.19. The summed E-state index contributed by atoms with van der Waals surface area (Å²) < 4.78 is 36.5. The molecule has 1 aliphatic carbocycles. The second-order valence-corrected chi connectivity index (χ2v) is 13.7. The summed E-state index contributed by atoms with van der Waals surface area (Å²) in [5.41, 5.74) is 3.25. The highest BCUT2D eigenvalue weighted by Crippen LogP contribution is 2.38. The second-order valence-electron chi connectivity index (χ2n) is 10.4. The summed E-state index contributed by atoms with van der Waals surface area (Å²) >= 11 is 1.63. The van der Waals surface area contributed by atoms with Gasteiger partial charge in [0.1, 0.15) is 5.01 Å². The molecule has 3 aromatic rings. The average molecular weight is 543 g/mol. The molecule has 0 amide bonds. The molecule has 2 aliphatic heterocycles. The van der Waals surface area contributed by atoms with Gasteiger partial charge in [-0.3, -0.25) is 4.90 Å². The third kappa shape index (κ3) is 5.83. The molecule has 0 bridgehead atoms. The van der Waals surface area contributed by atoms with E-state index in [1.807, 2.05) is 12.1 Å². The molecule has 37 heavy (non-hydrogen) atoms. The van der Waals surface area contributed by atoms with Crippen LogP contribution in [0, 0.1) is 5.92 Å². The van der Waals surface area contributed by atoms with Crippen molar-refractivity contribution in [2.45, 2.75) is 54.7 Å². The van der Waals surface area contributed by atoms with Gasteiger partial charge in [-0.1, -0.05) is 23.5 Å². The Morgan fingerprint density at radius 3 is 2.41 bits per heavy atom. The van der Waals surface area contributed by atoms with Crippen molar-refractivity contribution in [3.63, 3.8) is 0 Å². The first-order chi connectivity index (χ1) is 18.1. The third-order valence-corrected chi connectivity index (χ3v) is 10.9. The zero-order valence-corrected chi connectivity index (χ0v) is 22.6. The summed E-state index contributed by atoms with van der Waals surface area (Å²) in [7, 11) is -3.19. The van der Waals surface area contributed by atoms with Crippen molar-refractivity contribution in [2.75, 3.05) is 39.5 Å². The molecule has 0 radical (unpaired) electrons. The Balaban J connectivity index is 1.23. The number of nitrogens with zero attached hydrogens (tertiary/aromatic N) is 3. The Labute approximate surface area is 222 Å². The number of nitrogens with one attached hydrogen (secondary N) is 1. The fourth-order valence-electron chi connectivity index (χ4n) is 5.34. The largest absolute Gasteiger partial charge is 0.381 e. The topological polar surface area (TPSA) is 97.4 Å². The summed E-state index contributed by atoms with van der Waals surface area (Å²) in [6, 6.07) is 11.9. The van der Waals surface area contributed by atoms with Gasteiger partial charge < -0.3 is 14.5 Å². The molecule has 8 nitrogen and oxygen atoms in total. The van der Waals surface area contributed by atoms with E-state index in [9.17, 15) is 8.42 Å². The number of aromatic amines is 1. The molecule has 0 spiro atoms. The van der Waals surface area contributed by atoms with E-state index in [2.05, 4.69) is 32.2 Å². The number of hydrogen-bond acceptors (Lipinski definition) is 8. The number of hydrogen-bond donors (Lipinski definition) is 1. The van der Waals surface area contributed by atoms with E-state index in [4.69, 9.17) is 9.47 Å². The quantitative estimate of drug-likeness (QED) is 0.432. The van der Waals surface area contributed by atoms with Crippen LogP contribution in [0.3, 0.4) is 0 Å². The van der Waals surface area contributed by atoms with Crippen molar-refractivity contribution in [3.05, 3.63) is 52.7 Å². The smallest absolute Gasteiger partial charge is 0.181 e. The summed E-state index contributed by atoms with van der Waals surface area (Å²) in [5, 5.41) is 10.6. The molecule has 3 aliphatic rings. The van der Waals surface area contributed by atoms with Gasteiger partial charge in [0.05, 0.1) is 35.6 Å². The van der Waals surface area contributed by atoms with E-state index >= 15 is 0 Å². The maximum Gasteiger partial charge on any atom is 0.181 e. The zero-order valence-electron chi connectivity index (χ0n) is 21.0. The standard InChI is InChI=1S/C27H34N4O4S2/c32-37(33,22-5-6-22)21-3-1-20(2-4-21)23(17-19-9-13-34-14-10-19)24-7-8-25(28-24)27-30-29-26(36-27)18-31-11-15-35-16-12-31/h1-4,7-8,19,22-23,28H,5-6,9-18H2. The van der Waals surface area contributed by atoms with Crippen LogP contribution in [0.15, 0.2) is 41.3 Å². The van der Waals surface area contributed by atoms with Gasteiger partial charge in [0.15, 0.2) is 14.8 Å². The first-order valence-corrected chi connectivity index (χ1v) is 15.7. The Morgan fingerprint density at radius 1 is 0.946 bits per heavy atom. The predicted molar refractivity (Wildman–Crippen MR) is 142 cm³/mol. The van der Waals surface area contributed by atoms with E-state index in [1.54, 1.807) is 23.5 Å². The van der Waals surface area contributed by atoms with Gasteiger partial charge in [0.2, 0.25) is 0 Å². The fourth-order valence-corrected chi connectivity index (χ4v) is 7.86. The van der Waals surface area contributed by atoms with Crippen molar-refractivity contribution < 1.29 is 17.9 Å². The number of ether oxygens (including phenoxy) is 2.